The van der Waals surface area contributed by atoms with Crippen molar-refractivity contribution in [1.29, 1.82) is 0 Å². The molecule has 3 nitrogen and oxygen atoms in total. The largest absolute Gasteiger partial charge is 0.345 e. The summed E-state index contributed by atoms with van der Waals surface area (Å²) in [7, 11) is 0. The summed E-state index contributed by atoms with van der Waals surface area (Å²) in [5, 5.41) is 3.66. The third-order valence-electron chi connectivity index (χ3n) is 4.05. The summed E-state index contributed by atoms with van der Waals surface area (Å²) in [4.78, 5) is 8.12. The predicted molar refractivity (Wildman–Crippen MR) is 64.6 cm³/mol. The van der Waals surface area contributed by atoms with Gasteiger partial charge in [-0.3, -0.25) is 0 Å². The lowest BCUT2D eigenvalue weighted by atomic mass is 9.88. The molecular weight excluding hydrogens is 198 g/mol. The number of imidazole rings is 1. The van der Waals surface area contributed by atoms with E-state index >= 15 is 0 Å². The minimum atomic E-state index is 0.177. The van der Waals surface area contributed by atoms with Gasteiger partial charge in [-0.2, -0.15) is 0 Å². The van der Waals surface area contributed by atoms with Crippen LogP contribution in [-0.4, -0.2) is 22.1 Å². The van der Waals surface area contributed by atoms with Gasteiger partial charge >= 0.3 is 0 Å². The van der Waals surface area contributed by atoms with E-state index in [2.05, 4.69) is 36.1 Å². The van der Waals surface area contributed by atoms with E-state index in [0.717, 1.165) is 6.04 Å². The molecule has 3 atom stereocenters. The maximum absolute atomic E-state index is 4.59. The normalized spacial score (nSPS) is 33.6. The van der Waals surface area contributed by atoms with Crippen molar-refractivity contribution in [3.8, 4) is 0 Å². The smallest absolute Gasteiger partial charge is 0.110 e. The Morgan fingerprint density at radius 2 is 2.12 bits per heavy atom. The summed E-state index contributed by atoms with van der Waals surface area (Å²) in [5.41, 5.74) is 1.43. The van der Waals surface area contributed by atoms with Gasteiger partial charge in [0.05, 0.1) is 0 Å². The van der Waals surface area contributed by atoms with Crippen LogP contribution in [0.3, 0.4) is 0 Å². The van der Waals surface area contributed by atoms with Crippen LogP contribution >= 0.6 is 0 Å². The van der Waals surface area contributed by atoms with Crippen LogP contribution < -0.4 is 5.32 Å². The van der Waals surface area contributed by atoms with E-state index in [0.29, 0.717) is 12.0 Å². The number of H-pyrrole nitrogens is 1. The fourth-order valence-electron chi connectivity index (χ4n) is 3.03. The van der Waals surface area contributed by atoms with Crippen LogP contribution in [-0.2, 0) is 5.41 Å². The molecule has 0 amide bonds. The summed E-state index contributed by atoms with van der Waals surface area (Å²) in [6, 6.07) is 1.42. The van der Waals surface area contributed by atoms with Crippen molar-refractivity contribution >= 4 is 0 Å². The first-order valence-corrected chi connectivity index (χ1v) is 6.35. The molecule has 3 unspecified atom stereocenters. The van der Waals surface area contributed by atoms with Gasteiger partial charge < -0.3 is 10.3 Å². The van der Waals surface area contributed by atoms with Crippen LogP contribution in [0.5, 0.6) is 0 Å². The van der Waals surface area contributed by atoms with E-state index in [9.17, 15) is 0 Å². The Morgan fingerprint density at radius 3 is 2.62 bits per heavy atom. The number of nitrogens with zero attached hydrogens (tertiary/aromatic N) is 1. The average molecular weight is 219 g/mol. The van der Waals surface area contributed by atoms with Gasteiger partial charge in [0.15, 0.2) is 0 Å². The minimum absolute atomic E-state index is 0.177. The van der Waals surface area contributed by atoms with Gasteiger partial charge in [-0.05, 0) is 19.3 Å². The first-order valence-electron chi connectivity index (χ1n) is 6.35. The lowest BCUT2D eigenvalue weighted by molar-refractivity contribution is 0.486. The maximum Gasteiger partial charge on any atom is 0.110 e. The standard InChI is InChI=1S/C13H21N3/c1-13(2,3)11-7-14-12(16-11)9-6-8-4-5-10(9)15-8/h7-10,15H,4-6H2,1-3H3,(H,14,16). The fourth-order valence-corrected chi connectivity index (χ4v) is 3.03. The summed E-state index contributed by atoms with van der Waals surface area (Å²) in [5.74, 6) is 1.82. The molecule has 16 heavy (non-hydrogen) atoms. The second-order valence-electron chi connectivity index (χ2n) is 6.32. The van der Waals surface area contributed by atoms with Crippen LogP contribution in [0, 0.1) is 0 Å². The van der Waals surface area contributed by atoms with Gasteiger partial charge in [-0.15, -0.1) is 0 Å². The highest BCUT2D eigenvalue weighted by atomic mass is 15.1. The van der Waals surface area contributed by atoms with Gasteiger partial charge in [-0.25, -0.2) is 4.98 Å². The number of hydrogen-bond acceptors (Lipinski definition) is 2. The second-order valence-corrected chi connectivity index (χ2v) is 6.32. The van der Waals surface area contributed by atoms with Crippen LogP contribution in [0.25, 0.3) is 0 Å². The first-order chi connectivity index (χ1) is 7.54. The van der Waals surface area contributed by atoms with Gasteiger partial charge in [0, 0.05) is 35.3 Å². The van der Waals surface area contributed by atoms with E-state index in [1.54, 1.807) is 0 Å². The van der Waals surface area contributed by atoms with Crippen LogP contribution in [0.15, 0.2) is 6.20 Å². The summed E-state index contributed by atoms with van der Waals surface area (Å²) in [6.07, 6.45) is 5.96. The Hall–Kier alpha value is -0.830. The van der Waals surface area contributed by atoms with Crippen molar-refractivity contribution in [3.05, 3.63) is 17.7 Å². The molecule has 3 heterocycles. The lowest BCUT2D eigenvalue weighted by Gasteiger charge is -2.19. The van der Waals surface area contributed by atoms with Crippen molar-refractivity contribution in [2.45, 2.75) is 63.5 Å². The maximum atomic E-state index is 4.59. The van der Waals surface area contributed by atoms with Crippen molar-refractivity contribution in [3.63, 3.8) is 0 Å². The molecule has 0 aromatic carbocycles. The molecule has 1 aromatic heterocycles. The van der Waals surface area contributed by atoms with Gasteiger partial charge in [0.2, 0.25) is 0 Å². The van der Waals surface area contributed by atoms with Gasteiger partial charge in [-0.1, -0.05) is 20.8 Å². The molecule has 0 aliphatic carbocycles. The second kappa shape index (κ2) is 3.33. The molecule has 2 N–H and O–H groups in total. The van der Waals surface area contributed by atoms with E-state index in [4.69, 9.17) is 0 Å². The highest BCUT2D eigenvalue weighted by molar-refractivity contribution is 5.18. The van der Waals surface area contributed by atoms with E-state index in [-0.39, 0.29) is 5.41 Å². The van der Waals surface area contributed by atoms with Crippen molar-refractivity contribution in [2.24, 2.45) is 0 Å². The quantitative estimate of drug-likeness (QED) is 0.761. The summed E-state index contributed by atoms with van der Waals surface area (Å²) >= 11 is 0. The number of hydrogen-bond donors (Lipinski definition) is 2. The van der Waals surface area contributed by atoms with Gasteiger partial charge in [0.25, 0.3) is 0 Å². The third kappa shape index (κ3) is 1.58. The van der Waals surface area contributed by atoms with E-state index in [1.165, 1.54) is 30.8 Å². The molecule has 88 valence electrons. The zero-order chi connectivity index (χ0) is 11.3. The van der Waals surface area contributed by atoms with Crippen molar-refractivity contribution < 1.29 is 0 Å². The molecule has 2 fully saturated rings. The van der Waals surface area contributed by atoms with Gasteiger partial charge in [0.1, 0.15) is 5.82 Å². The Labute approximate surface area is 97.0 Å². The molecule has 2 aliphatic rings. The van der Waals surface area contributed by atoms with Crippen LogP contribution in [0.2, 0.25) is 0 Å². The zero-order valence-electron chi connectivity index (χ0n) is 10.4. The lowest BCUT2D eigenvalue weighted by Crippen LogP contribution is -2.22. The van der Waals surface area contributed by atoms with E-state index < -0.39 is 0 Å². The molecule has 0 saturated carbocycles. The molecule has 0 radical (unpaired) electrons. The number of aromatic nitrogens is 2. The average Bonchev–Trinajstić information content (AvgIpc) is 2.92. The monoisotopic (exact) mass is 219 g/mol. The Kier molecular flexibility index (Phi) is 2.15. The molecule has 2 aliphatic heterocycles. The number of rotatable bonds is 1. The molecule has 1 aromatic rings. The molecular formula is C13H21N3. The number of fused-ring (bicyclic) bond motifs is 2. The number of nitrogens with one attached hydrogen (secondary N) is 2. The fraction of sp³-hybridized carbons (Fsp3) is 0.769. The highest BCUT2D eigenvalue weighted by Crippen LogP contribution is 2.39. The summed E-state index contributed by atoms with van der Waals surface area (Å²) < 4.78 is 0. The molecule has 3 heteroatoms. The predicted octanol–water partition coefficient (Wildman–Crippen LogP) is 2.32. The van der Waals surface area contributed by atoms with Crippen molar-refractivity contribution in [1.82, 2.24) is 15.3 Å². The summed E-state index contributed by atoms with van der Waals surface area (Å²) in [6.45, 7) is 6.68. The zero-order valence-corrected chi connectivity index (χ0v) is 10.4. The molecule has 2 saturated heterocycles. The SMILES string of the molecule is CC(C)(C)c1cnc(C2CC3CCC2N3)[nH]1. The molecule has 0 spiro atoms. The number of aromatic amines is 1. The Bertz CT molecular complexity index is 388. The first kappa shape index (κ1) is 10.3. The molecule has 2 bridgehead atoms. The highest BCUT2D eigenvalue weighted by Gasteiger charge is 2.41. The minimum Gasteiger partial charge on any atom is -0.345 e. The van der Waals surface area contributed by atoms with Crippen LogP contribution in [0.4, 0.5) is 0 Å². The topological polar surface area (TPSA) is 40.7 Å². The van der Waals surface area contributed by atoms with Crippen LogP contribution in [0.1, 0.15) is 57.5 Å². The third-order valence-corrected chi connectivity index (χ3v) is 4.05. The van der Waals surface area contributed by atoms with E-state index in [1.807, 2.05) is 6.20 Å². The van der Waals surface area contributed by atoms with Crippen molar-refractivity contribution in [2.75, 3.05) is 0 Å². The Balaban J connectivity index is 1.83. The Morgan fingerprint density at radius 1 is 1.31 bits per heavy atom. The molecule has 3 rings (SSSR count).